The lowest BCUT2D eigenvalue weighted by molar-refractivity contribution is 0.726. The standard InChI is InChI=1S/C40H26N4/c1-3-13-30(14-4-1)40(31-15-5-2-6-16-31)34-19-10-20-36-38(34)44(39(43-36)29-24-41-26-42-25-29)37-22-21-28(23-35(37)40)33-18-9-12-27-11-7-8-17-32(27)33/h1-26H. The molecule has 0 unspecified atom stereocenters. The van der Waals surface area contributed by atoms with Gasteiger partial charge >= 0.3 is 0 Å². The molecule has 3 heterocycles. The van der Waals surface area contributed by atoms with Crippen molar-refractivity contribution in [2.45, 2.75) is 5.41 Å². The Morgan fingerprint density at radius 2 is 1.23 bits per heavy atom. The predicted molar refractivity (Wildman–Crippen MR) is 177 cm³/mol. The fourth-order valence-corrected chi connectivity index (χ4v) is 7.26. The van der Waals surface area contributed by atoms with Gasteiger partial charge in [-0.05, 0) is 62.4 Å². The summed E-state index contributed by atoms with van der Waals surface area (Å²) in [5.41, 5.74) is 10.7. The van der Waals surface area contributed by atoms with Crippen molar-refractivity contribution < 1.29 is 0 Å². The van der Waals surface area contributed by atoms with Crippen molar-refractivity contribution >= 4 is 21.8 Å². The smallest absolute Gasteiger partial charge is 0.148 e. The van der Waals surface area contributed by atoms with Crippen LogP contribution < -0.4 is 0 Å². The van der Waals surface area contributed by atoms with Crippen LogP contribution in [0.25, 0.3) is 50.0 Å². The van der Waals surface area contributed by atoms with Crippen LogP contribution in [0.15, 0.2) is 158 Å². The van der Waals surface area contributed by atoms with Crippen LogP contribution in [0.4, 0.5) is 0 Å². The molecule has 0 N–H and O–H groups in total. The third kappa shape index (κ3) is 3.42. The third-order valence-electron chi connectivity index (χ3n) is 9.05. The van der Waals surface area contributed by atoms with E-state index in [0.717, 1.165) is 28.1 Å². The summed E-state index contributed by atoms with van der Waals surface area (Å²) in [6.45, 7) is 0. The molecule has 0 fully saturated rings. The lowest BCUT2D eigenvalue weighted by Crippen LogP contribution is -2.35. The zero-order valence-electron chi connectivity index (χ0n) is 23.8. The Morgan fingerprint density at radius 1 is 0.545 bits per heavy atom. The zero-order valence-corrected chi connectivity index (χ0v) is 23.8. The van der Waals surface area contributed by atoms with Crippen LogP contribution in [0.1, 0.15) is 22.3 Å². The average molecular weight is 563 g/mol. The highest BCUT2D eigenvalue weighted by Crippen LogP contribution is 2.54. The number of hydrogen-bond donors (Lipinski definition) is 0. The average Bonchev–Trinajstić information content (AvgIpc) is 3.50. The number of hydrogen-bond acceptors (Lipinski definition) is 3. The van der Waals surface area contributed by atoms with Gasteiger partial charge in [-0.2, -0.15) is 0 Å². The molecule has 0 saturated carbocycles. The Kier molecular flexibility index (Phi) is 5.38. The summed E-state index contributed by atoms with van der Waals surface area (Å²) >= 11 is 0. The molecule has 44 heavy (non-hydrogen) atoms. The largest absolute Gasteiger partial charge is 0.292 e. The first-order valence-electron chi connectivity index (χ1n) is 14.9. The maximum atomic E-state index is 5.21. The Hall–Kier alpha value is -5.87. The molecule has 8 aromatic rings. The van der Waals surface area contributed by atoms with Gasteiger partial charge in [-0.15, -0.1) is 0 Å². The number of para-hydroxylation sites is 1. The molecule has 0 aliphatic carbocycles. The molecule has 0 amide bonds. The summed E-state index contributed by atoms with van der Waals surface area (Å²) < 4.78 is 2.32. The number of imidazole rings is 1. The minimum atomic E-state index is -0.585. The van der Waals surface area contributed by atoms with Crippen molar-refractivity contribution in [2.24, 2.45) is 0 Å². The molecule has 2 aromatic heterocycles. The molecule has 0 atom stereocenters. The number of nitrogens with zero attached hydrogens (tertiary/aromatic N) is 4. The Labute approximate surface area is 255 Å². The van der Waals surface area contributed by atoms with E-state index < -0.39 is 5.41 Å². The van der Waals surface area contributed by atoms with Crippen LogP contribution >= 0.6 is 0 Å². The number of aromatic nitrogens is 4. The van der Waals surface area contributed by atoms with E-state index in [1.165, 1.54) is 44.2 Å². The summed E-state index contributed by atoms with van der Waals surface area (Å²) in [5, 5.41) is 2.47. The SMILES string of the molecule is c1ccc(C2(c3ccccc3)c3cc(-c4cccc5ccccc45)ccc3-n3c(-c4cncnc4)nc4cccc2c43)cc1. The highest BCUT2D eigenvalue weighted by molar-refractivity contribution is 5.98. The second kappa shape index (κ2) is 9.58. The van der Waals surface area contributed by atoms with Crippen LogP contribution in [0.5, 0.6) is 0 Å². The Bertz CT molecular complexity index is 2280. The van der Waals surface area contributed by atoms with Gasteiger partial charge in [-0.1, -0.05) is 121 Å². The maximum absolute atomic E-state index is 5.21. The highest BCUT2D eigenvalue weighted by atomic mass is 15.1. The molecule has 206 valence electrons. The van der Waals surface area contributed by atoms with Crippen molar-refractivity contribution in [1.82, 2.24) is 19.5 Å². The maximum Gasteiger partial charge on any atom is 0.148 e. The predicted octanol–water partition coefficient (Wildman–Crippen LogP) is 9.00. The summed E-state index contributed by atoms with van der Waals surface area (Å²) in [5.74, 6) is 0.835. The topological polar surface area (TPSA) is 43.6 Å². The van der Waals surface area contributed by atoms with Crippen molar-refractivity contribution in [2.75, 3.05) is 0 Å². The zero-order chi connectivity index (χ0) is 29.1. The quantitative estimate of drug-likeness (QED) is 0.215. The van der Waals surface area contributed by atoms with Crippen LogP contribution in [0, 0.1) is 0 Å². The van der Waals surface area contributed by atoms with E-state index in [2.05, 4.69) is 154 Å². The van der Waals surface area contributed by atoms with Crippen LogP contribution in [-0.2, 0) is 5.41 Å². The van der Waals surface area contributed by atoms with E-state index >= 15 is 0 Å². The second-order valence-corrected chi connectivity index (χ2v) is 11.3. The monoisotopic (exact) mass is 562 g/mol. The van der Waals surface area contributed by atoms with Crippen LogP contribution in [0.3, 0.4) is 0 Å². The molecule has 0 saturated heterocycles. The Balaban J connectivity index is 1.47. The van der Waals surface area contributed by atoms with E-state index in [9.17, 15) is 0 Å². The molecule has 4 nitrogen and oxygen atoms in total. The third-order valence-corrected chi connectivity index (χ3v) is 9.05. The van der Waals surface area contributed by atoms with Crippen molar-refractivity contribution in [1.29, 1.82) is 0 Å². The first kappa shape index (κ1) is 24.7. The molecule has 1 aliphatic heterocycles. The summed E-state index contributed by atoms with van der Waals surface area (Å²) in [4.78, 5) is 13.9. The van der Waals surface area contributed by atoms with Crippen molar-refractivity contribution in [3.05, 3.63) is 181 Å². The molecule has 4 heteroatoms. The first-order valence-corrected chi connectivity index (χ1v) is 14.9. The molecule has 9 rings (SSSR count). The van der Waals surface area contributed by atoms with Crippen molar-refractivity contribution in [3.63, 3.8) is 0 Å². The van der Waals surface area contributed by atoms with Gasteiger partial charge in [-0.25, -0.2) is 15.0 Å². The van der Waals surface area contributed by atoms with E-state index in [1.54, 1.807) is 6.33 Å². The first-order chi connectivity index (χ1) is 21.8. The van der Waals surface area contributed by atoms with Gasteiger partial charge in [0, 0.05) is 12.4 Å². The number of fused-ring (bicyclic) bond motifs is 3. The molecular weight excluding hydrogens is 536 g/mol. The van der Waals surface area contributed by atoms with E-state index in [0.29, 0.717) is 0 Å². The molecule has 0 bridgehead atoms. The Morgan fingerprint density at radius 3 is 2.00 bits per heavy atom. The number of benzene rings is 6. The molecular formula is C40H26N4. The lowest BCUT2D eigenvalue weighted by Gasteiger charge is -2.41. The molecule has 1 aliphatic rings. The van der Waals surface area contributed by atoms with Gasteiger partial charge in [0.2, 0.25) is 0 Å². The fraction of sp³-hybridized carbons (Fsp3) is 0.0250. The van der Waals surface area contributed by atoms with Gasteiger partial charge in [0.1, 0.15) is 12.2 Å². The minimum absolute atomic E-state index is 0.585. The highest BCUT2D eigenvalue weighted by Gasteiger charge is 2.45. The van der Waals surface area contributed by atoms with E-state index in [-0.39, 0.29) is 0 Å². The lowest BCUT2D eigenvalue weighted by atomic mass is 9.63. The molecule has 0 radical (unpaired) electrons. The molecule has 0 spiro atoms. The summed E-state index contributed by atoms with van der Waals surface area (Å²) in [7, 11) is 0. The van der Waals surface area contributed by atoms with Gasteiger partial charge in [0.25, 0.3) is 0 Å². The second-order valence-electron chi connectivity index (χ2n) is 11.3. The molecule has 6 aromatic carbocycles. The number of rotatable bonds is 4. The fourth-order valence-electron chi connectivity index (χ4n) is 7.26. The summed E-state index contributed by atoms with van der Waals surface area (Å²) in [6, 6.07) is 50.5. The van der Waals surface area contributed by atoms with Crippen LogP contribution in [-0.4, -0.2) is 19.5 Å². The van der Waals surface area contributed by atoms with E-state index in [1.807, 2.05) is 12.4 Å². The van der Waals surface area contributed by atoms with Crippen LogP contribution in [0.2, 0.25) is 0 Å². The summed E-state index contributed by atoms with van der Waals surface area (Å²) in [6.07, 6.45) is 5.25. The van der Waals surface area contributed by atoms with E-state index in [4.69, 9.17) is 4.98 Å². The van der Waals surface area contributed by atoms with Gasteiger partial charge in [0.05, 0.1) is 27.7 Å². The van der Waals surface area contributed by atoms with Crippen molar-refractivity contribution in [3.8, 4) is 28.2 Å². The minimum Gasteiger partial charge on any atom is -0.292 e. The van der Waals surface area contributed by atoms with Gasteiger partial charge in [0.15, 0.2) is 0 Å². The van der Waals surface area contributed by atoms with Gasteiger partial charge < -0.3 is 0 Å². The van der Waals surface area contributed by atoms with Gasteiger partial charge in [-0.3, -0.25) is 4.57 Å². The normalized spacial score (nSPS) is 13.2.